The number of hydrogen-bond acceptors (Lipinski definition) is 2. The van der Waals surface area contributed by atoms with E-state index in [-0.39, 0.29) is 6.10 Å². The first-order valence-electron chi connectivity index (χ1n) is 4.66. The van der Waals surface area contributed by atoms with Crippen LogP contribution in [0.4, 0.5) is 5.69 Å². The Kier molecular flexibility index (Phi) is 3.87. The van der Waals surface area contributed by atoms with Gasteiger partial charge in [-0.3, -0.25) is 0 Å². The molecule has 0 atom stereocenters. The molecule has 0 aliphatic heterocycles. The lowest BCUT2D eigenvalue weighted by Gasteiger charge is -2.10. The summed E-state index contributed by atoms with van der Waals surface area (Å²) in [6, 6.07) is 7.77. The second-order valence-electron chi connectivity index (χ2n) is 3.25. The van der Waals surface area contributed by atoms with E-state index in [9.17, 15) is 0 Å². The van der Waals surface area contributed by atoms with Crippen LogP contribution in [0.15, 0.2) is 24.3 Å². The number of anilines is 1. The molecular weight excluding hydrogens is 174 g/mol. The molecule has 74 valence electrons. The maximum Gasteiger partial charge on any atom is 0.119 e. The van der Waals surface area contributed by atoms with Crippen LogP contribution in [0.25, 0.3) is 0 Å². The molecule has 0 heterocycles. The van der Waals surface area contributed by atoms with Gasteiger partial charge in [-0.15, -0.1) is 6.42 Å². The molecule has 0 aromatic heterocycles. The summed E-state index contributed by atoms with van der Waals surface area (Å²) in [5, 5.41) is 3.08. The third-order valence-corrected chi connectivity index (χ3v) is 1.62. The molecule has 1 aromatic rings. The van der Waals surface area contributed by atoms with Gasteiger partial charge in [0.05, 0.1) is 12.6 Å². The molecule has 2 heteroatoms. The summed E-state index contributed by atoms with van der Waals surface area (Å²) in [6.07, 6.45) is 5.34. The van der Waals surface area contributed by atoms with Crippen LogP contribution in [0.2, 0.25) is 0 Å². The molecule has 0 radical (unpaired) electrons. The quantitative estimate of drug-likeness (QED) is 0.735. The molecule has 0 saturated carbocycles. The van der Waals surface area contributed by atoms with Crippen molar-refractivity contribution in [1.82, 2.24) is 0 Å². The highest BCUT2D eigenvalue weighted by atomic mass is 16.5. The first-order valence-corrected chi connectivity index (χ1v) is 4.66. The van der Waals surface area contributed by atoms with Gasteiger partial charge in [0.25, 0.3) is 0 Å². The van der Waals surface area contributed by atoms with Crippen molar-refractivity contribution >= 4 is 5.69 Å². The molecule has 0 fully saturated rings. The van der Waals surface area contributed by atoms with Crippen molar-refractivity contribution in [2.75, 3.05) is 11.9 Å². The number of hydrogen-bond donors (Lipinski definition) is 1. The zero-order valence-corrected chi connectivity index (χ0v) is 8.58. The van der Waals surface area contributed by atoms with E-state index in [0.29, 0.717) is 6.54 Å². The maximum atomic E-state index is 5.51. The molecule has 0 saturated heterocycles. The van der Waals surface area contributed by atoms with Crippen molar-refractivity contribution in [3.63, 3.8) is 0 Å². The summed E-state index contributed by atoms with van der Waals surface area (Å²) in [5.41, 5.74) is 1.01. The minimum atomic E-state index is 0.208. The Morgan fingerprint density at radius 3 is 2.50 bits per heavy atom. The van der Waals surface area contributed by atoms with E-state index in [4.69, 9.17) is 11.2 Å². The summed E-state index contributed by atoms with van der Waals surface area (Å²) in [6.45, 7) is 4.55. The van der Waals surface area contributed by atoms with Gasteiger partial charge in [-0.2, -0.15) is 0 Å². The Balaban J connectivity index is 2.56. The summed E-state index contributed by atoms with van der Waals surface area (Å²) >= 11 is 0. The molecule has 0 aliphatic carbocycles. The van der Waals surface area contributed by atoms with E-state index in [1.165, 1.54) is 0 Å². The monoisotopic (exact) mass is 189 g/mol. The Bertz CT molecular complexity index is 308. The van der Waals surface area contributed by atoms with Gasteiger partial charge in [0, 0.05) is 5.69 Å². The first-order chi connectivity index (χ1) is 6.72. The Morgan fingerprint density at radius 1 is 1.36 bits per heavy atom. The van der Waals surface area contributed by atoms with Gasteiger partial charge in [-0.25, -0.2) is 0 Å². The Morgan fingerprint density at radius 2 is 2.00 bits per heavy atom. The highest BCUT2D eigenvalue weighted by molar-refractivity contribution is 5.47. The lowest BCUT2D eigenvalue weighted by molar-refractivity contribution is 0.242. The van der Waals surface area contributed by atoms with Crippen LogP contribution < -0.4 is 10.1 Å². The fourth-order valence-electron chi connectivity index (χ4n) is 1.08. The van der Waals surface area contributed by atoms with Gasteiger partial charge in [-0.1, -0.05) is 5.92 Å². The van der Waals surface area contributed by atoms with Crippen molar-refractivity contribution in [1.29, 1.82) is 0 Å². The standard InChI is InChI=1S/C12H15NO/c1-4-9-13-11-5-7-12(8-6-11)14-10(2)3/h1,5-8,10,13H,9H2,2-3H3. The van der Waals surface area contributed by atoms with Gasteiger partial charge < -0.3 is 10.1 Å². The van der Waals surface area contributed by atoms with Gasteiger partial charge >= 0.3 is 0 Å². The number of terminal acetylenes is 1. The number of ether oxygens (including phenoxy) is 1. The van der Waals surface area contributed by atoms with E-state index >= 15 is 0 Å². The average molecular weight is 189 g/mol. The minimum absolute atomic E-state index is 0.208. The lowest BCUT2D eigenvalue weighted by Crippen LogP contribution is -2.05. The van der Waals surface area contributed by atoms with E-state index < -0.39 is 0 Å². The molecule has 1 aromatic carbocycles. The molecule has 0 spiro atoms. The molecule has 1 N–H and O–H groups in total. The highest BCUT2D eigenvalue weighted by Crippen LogP contribution is 2.16. The van der Waals surface area contributed by atoms with Crippen LogP contribution in [0.3, 0.4) is 0 Å². The first kappa shape index (κ1) is 10.5. The molecule has 1 rings (SSSR count). The van der Waals surface area contributed by atoms with Crippen molar-refractivity contribution in [3.05, 3.63) is 24.3 Å². The van der Waals surface area contributed by atoms with Crippen molar-refractivity contribution < 1.29 is 4.74 Å². The summed E-state index contributed by atoms with van der Waals surface area (Å²) in [4.78, 5) is 0. The Labute approximate surface area is 85.3 Å². The minimum Gasteiger partial charge on any atom is -0.491 e. The van der Waals surface area contributed by atoms with Crippen LogP contribution in [0, 0.1) is 12.3 Å². The highest BCUT2D eigenvalue weighted by Gasteiger charge is 1.96. The summed E-state index contributed by atoms with van der Waals surface area (Å²) < 4.78 is 5.51. The predicted octanol–water partition coefficient (Wildman–Crippen LogP) is 2.52. The Hall–Kier alpha value is -1.62. The van der Waals surface area contributed by atoms with Crippen LogP contribution in [0.5, 0.6) is 5.75 Å². The van der Waals surface area contributed by atoms with Crippen molar-refractivity contribution in [2.45, 2.75) is 20.0 Å². The fourth-order valence-corrected chi connectivity index (χ4v) is 1.08. The molecule has 0 unspecified atom stereocenters. The van der Waals surface area contributed by atoms with Gasteiger partial charge in [-0.05, 0) is 38.1 Å². The number of benzene rings is 1. The fraction of sp³-hybridized carbons (Fsp3) is 0.333. The average Bonchev–Trinajstić information content (AvgIpc) is 2.16. The van der Waals surface area contributed by atoms with Gasteiger partial charge in [0.1, 0.15) is 5.75 Å². The lowest BCUT2D eigenvalue weighted by atomic mass is 10.3. The topological polar surface area (TPSA) is 21.3 Å². The zero-order valence-electron chi connectivity index (χ0n) is 8.58. The molecule has 14 heavy (non-hydrogen) atoms. The summed E-state index contributed by atoms with van der Waals surface area (Å²) in [5.74, 6) is 3.40. The second kappa shape index (κ2) is 5.18. The molecule has 2 nitrogen and oxygen atoms in total. The largest absolute Gasteiger partial charge is 0.491 e. The van der Waals surface area contributed by atoms with Crippen LogP contribution in [-0.4, -0.2) is 12.6 Å². The zero-order chi connectivity index (χ0) is 10.4. The smallest absolute Gasteiger partial charge is 0.119 e. The third-order valence-electron chi connectivity index (χ3n) is 1.62. The van der Waals surface area contributed by atoms with Crippen LogP contribution >= 0.6 is 0 Å². The van der Waals surface area contributed by atoms with Crippen molar-refractivity contribution in [2.24, 2.45) is 0 Å². The predicted molar refractivity (Wildman–Crippen MR) is 59.5 cm³/mol. The molecular formula is C12H15NO. The van der Waals surface area contributed by atoms with Gasteiger partial charge in [0.15, 0.2) is 0 Å². The second-order valence-corrected chi connectivity index (χ2v) is 3.25. The van der Waals surface area contributed by atoms with E-state index in [2.05, 4.69) is 11.2 Å². The molecule has 0 amide bonds. The molecule has 0 bridgehead atoms. The van der Waals surface area contributed by atoms with Crippen LogP contribution in [0.1, 0.15) is 13.8 Å². The van der Waals surface area contributed by atoms with Crippen LogP contribution in [-0.2, 0) is 0 Å². The van der Waals surface area contributed by atoms with Gasteiger partial charge in [0.2, 0.25) is 0 Å². The number of rotatable bonds is 4. The van der Waals surface area contributed by atoms with Crippen molar-refractivity contribution in [3.8, 4) is 18.1 Å². The number of nitrogens with one attached hydrogen (secondary N) is 1. The summed E-state index contributed by atoms with van der Waals surface area (Å²) in [7, 11) is 0. The third kappa shape index (κ3) is 3.40. The van der Waals surface area contributed by atoms with E-state index in [1.54, 1.807) is 0 Å². The molecule has 0 aliphatic rings. The van der Waals surface area contributed by atoms with E-state index in [1.807, 2.05) is 38.1 Å². The normalized spacial score (nSPS) is 9.57. The van der Waals surface area contributed by atoms with E-state index in [0.717, 1.165) is 11.4 Å². The maximum absolute atomic E-state index is 5.51. The SMILES string of the molecule is C#CCNc1ccc(OC(C)C)cc1.